The van der Waals surface area contributed by atoms with Crippen molar-refractivity contribution in [1.29, 1.82) is 0 Å². The predicted octanol–water partition coefficient (Wildman–Crippen LogP) is 2.70. The van der Waals surface area contributed by atoms with Gasteiger partial charge in [0, 0.05) is 24.6 Å². The number of carbonyl (C=O) groups excluding carboxylic acids is 1. The third-order valence-corrected chi connectivity index (χ3v) is 2.73. The topological polar surface area (TPSA) is 49.3 Å². The number of hydrogen-bond acceptors (Lipinski definition) is 2. The Balaban J connectivity index is 2.33. The van der Waals surface area contributed by atoms with E-state index in [0.29, 0.717) is 12.1 Å². The summed E-state index contributed by atoms with van der Waals surface area (Å²) in [5, 5.41) is 12.9. The Morgan fingerprint density at radius 2 is 1.83 bits per heavy atom. The molecule has 0 spiro atoms. The van der Waals surface area contributed by atoms with Crippen LogP contribution in [-0.4, -0.2) is 11.0 Å². The third kappa shape index (κ3) is 2.69. The smallest absolute Gasteiger partial charge is 0.217 e. The Hall–Kier alpha value is -2.29. The zero-order valence-corrected chi connectivity index (χ0v) is 10.2. The fourth-order valence-corrected chi connectivity index (χ4v) is 1.80. The van der Waals surface area contributed by atoms with E-state index in [1.807, 2.05) is 42.5 Å². The second kappa shape index (κ2) is 5.36. The maximum Gasteiger partial charge on any atom is 0.217 e. The number of para-hydroxylation sites is 1. The molecule has 2 aromatic rings. The maximum absolute atomic E-state index is 10.9. The van der Waals surface area contributed by atoms with Crippen LogP contribution in [0.4, 0.5) is 0 Å². The Kier molecular flexibility index (Phi) is 3.63. The van der Waals surface area contributed by atoms with Crippen LogP contribution >= 0.6 is 0 Å². The molecule has 2 N–H and O–H groups in total. The summed E-state index contributed by atoms with van der Waals surface area (Å²) in [4.78, 5) is 10.9. The zero-order chi connectivity index (χ0) is 13.0. The van der Waals surface area contributed by atoms with Crippen LogP contribution in [0.15, 0.2) is 48.5 Å². The summed E-state index contributed by atoms with van der Waals surface area (Å²) in [6.07, 6.45) is 0. The summed E-state index contributed by atoms with van der Waals surface area (Å²) in [6.45, 7) is 1.79. The van der Waals surface area contributed by atoms with E-state index < -0.39 is 0 Å². The number of nitrogens with one attached hydrogen (secondary N) is 1. The Bertz CT molecular complexity index is 550. The summed E-state index contributed by atoms with van der Waals surface area (Å²) < 4.78 is 0. The van der Waals surface area contributed by atoms with Gasteiger partial charge < -0.3 is 10.4 Å². The molecule has 3 nitrogen and oxygen atoms in total. The van der Waals surface area contributed by atoms with Crippen molar-refractivity contribution in [3.05, 3.63) is 54.1 Å². The quantitative estimate of drug-likeness (QED) is 0.868. The summed E-state index contributed by atoms with van der Waals surface area (Å²) in [6, 6.07) is 15.2. The zero-order valence-electron chi connectivity index (χ0n) is 10.2. The van der Waals surface area contributed by atoms with Crippen molar-refractivity contribution in [2.45, 2.75) is 13.5 Å². The highest BCUT2D eigenvalue weighted by Gasteiger charge is 2.08. The van der Waals surface area contributed by atoms with Gasteiger partial charge in [-0.05, 0) is 5.56 Å². The predicted molar refractivity (Wildman–Crippen MR) is 71.1 cm³/mol. The van der Waals surface area contributed by atoms with Gasteiger partial charge in [0.05, 0.1) is 0 Å². The first-order chi connectivity index (χ1) is 8.68. The molecule has 0 unspecified atom stereocenters. The van der Waals surface area contributed by atoms with E-state index in [4.69, 9.17) is 0 Å². The minimum absolute atomic E-state index is 0.112. The third-order valence-electron chi connectivity index (χ3n) is 2.73. The van der Waals surface area contributed by atoms with Crippen molar-refractivity contribution < 1.29 is 9.90 Å². The van der Waals surface area contributed by atoms with Crippen molar-refractivity contribution in [1.82, 2.24) is 5.32 Å². The van der Waals surface area contributed by atoms with Gasteiger partial charge in [-0.1, -0.05) is 48.5 Å². The second-order valence-corrected chi connectivity index (χ2v) is 4.09. The highest BCUT2D eigenvalue weighted by atomic mass is 16.3. The molecular formula is C15H15NO2. The highest BCUT2D eigenvalue weighted by molar-refractivity contribution is 5.74. The van der Waals surface area contributed by atoms with Gasteiger partial charge >= 0.3 is 0 Å². The summed E-state index contributed by atoms with van der Waals surface area (Å²) in [5.74, 6) is 0.108. The van der Waals surface area contributed by atoms with Crippen molar-refractivity contribution in [3.8, 4) is 16.9 Å². The molecule has 0 saturated heterocycles. The molecule has 92 valence electrons. The molecule has 0 radical (unpaired) electrons. The minimum atomic E-state index is -0.112. The lowest BCUT2D eigenvalue weighted by Crippen LogP contribution is -2.18. The van der Waals surface area contributed by atoms with E-state index in [1.165, 1.54) is 6.92 Å². The van der Waals surface area contributed by atoms with Crippen LogP contribution in [-0.2, 0) is 11.3 Å². The summed E-state index contributed by atoms with van der Waals surface area (Å²) >= 11 is 0. The van der Waals surface area contributed by atoms with Gasteiger partial charge in [-0.15, -0.1) is 0 Å². The van der Waals surface area contributed by atoms with Gasteiger partial charge in [0.1, 0.15) is 5.75 Å². The fourth-order valence-electron chi connectivity index (χ4n) is 1.80. The number of benzene rings is 2. The first kappa shape index (κ1) is 12.2. The Labute approximate surface area is 106 Å². The van der Waals surface area contributed by atoms with E-state index in [-0.39, 0.29) is 11.7 Å². The van der Waals surface area contributed by atoms with Crippen LogP contribution in [0.25, 0.3) is 11.1 Å². The first-order valence-electron chi connectivity index (χ1n) is 5.79. The molecule has 0 aromatic heterocycles. The number of aromatic hydroxyl groups is 1. The average Bonchev–Trinajstić information content (AvgIpc) is 2.38. The van der Waals surface area contributed by atoms with Crippen molar-refractivity contribution >= 4 is 5.91 Å². The summed E-state index contributed by atoms with van der Waals surface area (Å²) in [7, 11) is 0. The highest BCUT2D eigenvalue weighted by Crippen LogP contribution is 2.31. The minimum Gasteiger partial charge on any atom is -0.507 e. The van der Waals surface area contributed by atoms with Crippen LogP contribution in [0, 0.1) is 0 Å². The van der Waals surface area contributed by atoms with Gasteiger partial charge in [-0.25, -0.2) is 0 Å². The van der Waals surface area contributed by atoms with Crippen LogP contribution in [0.5, 0.6) is 5.75 Å². The molecule has 0 heterocycles. The summed E-state index contributed by atoms with van der Waals surface area (Å²) in [5.41, 5.74) is 2.45. The van der Waals surface area contributed by atoms with Gasteiger partial charge in [0.15, 0.2) is 0 Å². The molecule has 18 heavy (non-hydrogen) atoms. The van der Waals surface area contributed by atoms with Crippen LogP contribution in [0.2, 0.25) is 0 Å². The van der Waals surface area contributed by atoms with E-state index in [1.54, 1.807) is 6.07 Å². The van der Waals surface area contributed by atoms with Gasteiger partial charge in [-0.3, -0.25) is 4.79 Å². The van der Waals surface area contributed by atoms with Crippen molar-refractivity contribution in [3.63, 3.8) is 0 Å². The Morgan fingerprint density at radius 1 is 1.11 bits per heavy atom. The fraction of sp³-hybridized carbons (Fsp3) is 0.133. The van der Waals surface area contributed by atoms with E-state index in [0.717, 1.165) is 11.1 Å². The molecule has 0 atom stereocenters. The van der Waals surface area contributed by atoms with E-state index in [9.17, 15) is 9.90 Å². The normalized spacial score (nSPS) is 10.1. The van der Waals surface area contributed by atoms with E-state index in [2.05, 4.69) is 5.32 Å². The van der Waals surface area contributed by atoms with Gasteiger partial charge in [0.25, 0.3) is 0 Å². The standard InChI is InChI=1S/C15H15NO2/c1-11(17)16-10-13-8-5-9-14(15(13)18)12-6-3-2-4-7-12/h2-9,18H,10H2,1H3,(H,16,17). The number of rotatable bonds is 3. The molecule has 2 rings (SSSR count). The van der Waals surface area contributed by atoms with Crippen LogP contribution in [0.1, 0.15) is 12.5 Å². The molecule has 0 aliphatic rings. The van der Waals surface area contributed by atoms with Crippen molar-refractivity contribution in [2.75, 3.05) is 0 Å². The lowest BCUT2D eigenvalue weighted by molar-refractivity contribution is -0.119. The molecule has 0 saturated carbocycles. The van der Waals surface area contributed by atoms with Gasteiger partial charge in [0.2, 0.25) is 5.91 Å². The molecule has 1 amide bonds. The lowest BCUT2D eigenvalue weighted by atomic mass is 10.0. The molecule has 0 bridgehead atoms. The van der Waals surface area contributed by atoms with Crippen molar-refractivity contribution in [2.24, 2.45) is 0 Å². The number of carbonyl (C=O) groups is 1. The maximum atomic E-state index is 10.9. The second-order valence-electron chi connectivity index (χ2n) is 4.09. The molecule has 0 fully saturated rings. The molecule has 3 heteroatoms. The van der Waals surface area contributed by atoms with Crippen LogP contribution in [0.3, 0.4) is 0 Å². The number of amides is 1. The first-order valence-corrected chi connectivity index (χ1v) is 5.79. The number of hydrogen-bond donors (Lipinski definition) is 2. The molecule has 2 aromatic carbocycles. The monoisotopic (exact) mass is 241 g/mol. The molecule has 0 aliphatic carbocycles. The molecule has 0 aliphatic heterocycles. The largest absolute Gasteiger partial charge is 0.507 e. The van der Waals surface area contributed by atoms with Gasteiger partial charge in [-0.2, -0.15) is 0 Å². The SMILES string of the molecule is CC(=O)NCc1cccc(-c2ccccc2)c1O. The average molecular weight is 241 g/mol. The Morgan fingerprint density at radius 3 is 2.50 bits per heavy atom. The molecular weight excluding hydrogens is 226 g/mol. The number of phenolic OH excluding ortho intramolecular Hbond substituents is 1. The number of phenols is 1. The van der Waals surface area contributed by atoms with E-state index >= 15 is 0 Å². The van der Waals surface area contributed by atoms with Crippen LogP contribution < -0.4 is 5.32 Å². The lowest BCUT2D eigenvalue weighted by Gasteiger charge is -2.10.